The van der Waals surface area contributed by atoms with Crippen molar-refractivity contribution < 1.29 is 29.0 Å². The molecule has 0 radical (unpaired) electrons. The molecule has 10 nitrogen and oxygen atoms in total. The third-order valence-electron chi connectivity index (χ3n) is 5.41. The maximum absolute atomic E-state index is 15.1. The minimum Gasteiger partial charge on any atom is -0.481 e. The van der Waals surface area contributed by atoms with Gasteiger partial charge in [-0.05, 0) is 49.2 Å². The summed E-state index contributed by atoms with van der Waals surface area (Å²) in [6.07, 6.45) is 0.823. The Morgan fingerprint density at radius 3 is 2.61 bits per heavy atom. The Morgan fingerprint density at radius 2 is 1.97 bits per heavy atom. The standard InChI is InChI=1S/C25H25FN4O6/c1-3-10-30(13-15-4-6-19-17(11-15)24(34)28-14(2)27-19)21-8-5-16(12-18(21)26)23(33)29-20(25(35)36)7-9-22(31)32/h3-6,8,11-12,20H,1,7,9-10,13H2,2H3,(H,29,33)(H,31,32)(H,35,36)(H,27,28,34)/t20-/m0/s1. The van der Waals surface area contributed by atoms with Crippen LogP contribution in [0.4, 0.5) is 10.1 Å². The number of carboxylic acid groups (broad SMARTS) is 2. The first-order valence-electron chi connectivity index (χ1n) is 11.0. The number of hydrogen-bond acceptors (Lipinski definition) is 6. The van der Waals surface area contributed by atoms with Gasteiger partial charge in [-0.1, -0.05) is 12.1 Å². The summed E-state index contributed by atoms with van der Waals surface area (Å²) in [5, 5.41) is 20.6. The van der Waals surface area contributed by atoms with Crippen LogP contribution in [-0.4, -0.2) is 50.6 Å². The van der Waals surface area contributed by atoms with Crippen LogP contribution in [0.25, 0.3) is 10.9 Å². The zero-order valence-electron chi connectivity index (χ0n) is 19.5. The average Bonchev–Trinajstić information content (AvgIpc) is 2.81. The van der Waals surface area contributed by atoms with Gasteiger partial charge in [0.2, 0.25) is 0 Å². The fourth-order valence-electron chi connectivity index (χ4n) is 3.70. The van der Waals surface area contributed by atoms with Gasteiger partial charge in [0.05, 0.1) is 16.6 Å². The molecular formula is C25H25FN4O6. The predicted molar refractivity (Wildman–Crippen MR) is 131 cm³/mol. The fraction of sp³-hybridized carbons (Fsp3) is 0.240. The molecule has 1 atom stereocenters. The quantitative estimate of drug-likeness (QED) is 0.296. The van der Waals surface area contributed by atoms with Crippen LogP contribution in [0.5, 0.6) is 0 Å². The van der Waals surface area contributed by atoms with Crippen molar-refractivity contribution in [1.29, 1.82) is 0 Å². The molecule has 0 unspecified atom stereocenters. The maximum atomic E-state index is 15.1. The molecule has 3 rings (SSSR count). The highest BCUT2D eigenvalue weighted by Gasteiger charge is 2.22. The highest BCUT2D eigenvalue weighted by Crippen LogP contribution is 2.24. The maximum Gasteiger partial charge on any atom is 0.326 e. The largest absolute Gasteiger partial charge is 0.481 e. The molecule has 4 N–H and O–H groups in total. The van der Waals surface area contributed by atoms with Gasteiger partial charge in [0, 0.05) is 25.1 Å². The number of aryl methyl sites for hydroxylation is 1. The number of aromatic nitrogens is 2. The molecule has 0 spiro atoms. The van der Waals surface area contributed by atoms with Gasteiger partial charge in [-0.2, -0.15) is 0 Å². The molecule has 11 heteroatoms. The van der Waals surface area contributed by atoms with Gasteiger partial charge >= 0.3 is 11.9 Å². The van der Waals surface area contributed by atoms with E-state index >= 15 is 4.39 Å². The SMILES string of the molecule is C=CCN(Cc1ccc2nc(C)[nH]c(=O)c2c1)c1ccc(C(=O)N[C@@H](CCC(=O)O)C(=O)O)cc1F. The van der Waals surface area contributed by atoms with E-state index in [0.29, 0.717) is 16.7 Å². The van der Waals surface area contributed by atoms with Crippen molar-refractivity contribution in [2.75, 3.05) is 11.4 Å². The second-order valence-corrected chi connectivity index (χ2v) is 8.13. The summed E-state index contributed by atoms with van der Waals surface area (Å²) in [6, 6.07) is 7.47. The minimum atomic E-state index is -1.43. The van der Waals surface area contributed by atoms with Crippen LogP contribution in [0, 0.1) is 12.7 Å². The summed E-state index contributed by atoms with van der Waals surface area (Å²) in [4.78, 5) is 55.4. The molecule has 1 aromatic heterocycles. The van der Waals surface area contributed by atoms with Gasteiger partial charge in [-0.3, -0.25) is 14.4 Å². The second-order valence-electron chi connectivity index (χ2n) is 8.13. The Morgan fingerprint density at radius 1 is 1.22 bits per heavy atom. The van der Waals surface area contributed by atoms with Gasteiger partial charge in [0.1, 0.15) is 17.7 Å². The van der Waals surface area contributed by atoms with Gasteiger partial charge in [0.15, 0.2) is 0 Å². The van der Waals surface area contributed by atoms with Crippen LogP contribution in [0.15, 0.2) is 53.8 Å². The Hall–Kier alpha value is -4.54. The number of carboxylic acids is 2. The number of nitrogens with one attached hydrogen (secondary N) is 2. The van der Waals surface area contributed by atoms with E-state index in [9.17, 15) is 24.3 Å². The number of amides is 1. The number of rotatable bonds is 11. The third kappa shape index (κ3) is 6.32. The molecule has 36 heavy (non-hydrogen) atoms. The number of H-pyrrole nitrogens is 1. The third-order valence-corrected chi connectivity index (χ3v) is 5.41. The van der Waals surface area contributed by atoms with Crippen LogP contribution in [-0.2, 0) is 16.1 Å². The van der Waals surface area contributed by atoms with Gasteiger partial charge < -0.3 is 25.4 Å². The number of nitrogens with zero attached hydrogens (tertiary/aromatic N) is 2. The summed E-state index contributed by atoms with van der Waals surface area (Å²) in [6.45, 7) is 5.88. The number of fused-ring (bicyclic) bond motifs is 1. The van der Waals surface area contributed by atoms with Crippen LogP contribution in [0.3, 0.4) is 0 Å². The first-order chi connectivity index (χ1) is 17.1. The van der Waals surface area contributed by atoms with Crippen molar-refractivity contribution in [2.24, 2.45) is 0 Å². The van der Waals surface area contributed by atoms with E-state index in [1.165, 1.54) is 12.1 Å². The van der Waals surface area contributed by atoms with Crippen molar-refractivity contribution in [2.45, 2.75) is 32.4 Å². The summed E-state index contributed by atoms with van der Waals surface area (Å²) in [5.41, 5.74) is 1.04. The first kappa shape index (κ1) is 26.1. The molecule has 0 bridgehead atoms. The summed E-state index contributed by atoms with van der Waals surface area (Å²) in [5.74, 6) is -3.66. The molecular weight excluding hydrogens is 471 g/mol. The predicted octanol–water partition coefficient (Wildman–Crippen LogP) is 2.61. The molecule has 1 amide bonds. The van der Waals surface area contributed by atoms with E-state index in [4.69, 9.17) is 5.11 Å². The van der Waals surface area contributed by atoms with Crippen molar-refractivity contribution in [1.82, 2.24) is 15.3 Å². The lowest BCUT2D eigenvalue weighted by atomic mass is 10.1. The molecule has 0 aliphatic carbocycles. The normalized spacial score (nSPS) is 11.6. The van der Waals surface area contributed by atoms with Crippen LogP contribution in [0.1, 0.15) is 34.6 Å². The number of anilines is 1. The van der Waals surface area contributed by atoms with Gasteiger partial charge in [0.25, 0.3) is 11.5 Å². The number of carbonyl (C=O) groups excluding carboxylic acids is 1. The smallest absolute Gasteiger partial charge is 0.326 e. The molecule has 188 valence electrons. The Labute approximate surface area is 205 Å². The fourth-order valence-corrected chi connectivity index (χ4v) is 3.70. The number of aromatic amines is 1. The number of hydrogen-bond donors (Lipinski definition) is 4. The van der Waals surface area contributed by atoms with Crippen molar-refractivity contribution in [3.63, 3.8) is 0 Å². The van der Waals surface area contributed by atoms with Crippen LogP contribution < -0.4 is 15.8 Å². The highest BCUT2D eigenvalue weighted by molar-refractivity contribution is 5.97. The lowest BCUT2D eigenvalue weighted by Gasteiger charge is -2.24. The van der Waals surface area contributed by atoms with E-state index in [1.807, 2.05) is 0 Å². The Kier molecular flexibility index (Phi) is 8.15. The van der Waals surface area contributed by atoms with E-state index in [1.54, 1.807) is 36.1 Å². The number of aliphatic carboxylic acids is 2. The van der Waals surface area contributed by atoms with E-state index in [2.05, 4.69) is 21.9 Å². The molecule has 0 aliphatic heterocycles. The van der Waals surface area contributed by atoms with E-state index in [-0.39, 0.29) is 36.3 Å². The zero-order valence-corrected chi connectivity index (χ0v) is 19.5. The monoisotopic (exact) mass is 496 g/mol. The highest BCUT2D eigenvalue weighted by atomic mass is 19.1. The van der Waals surface area contributed by atoms with Gasteiger partial charge in [-0.25, -0.2) is 14.2 Å². The molecule has 3 aromatic rings. The number of benzene rings is 2. The average molecular weight is 496 g/mol. The lowest BCUT2D eigenvalue weighted by Crippen LogP contribution is -2.41. The summed E-state index contributed by atoms with van der Waals surface area (Å²) < 4.78 is 15.1. The molecule has 0 saturated heterocycles. The summed E-state index contributed by atoms with van der Waals surface area (Å²) >= 11 is 0. The van der Waals surface area contributed by atoms with Gasteiger partial charge in [-0.15, -0.1) is 6.58 Å². The first-order valence-corrected chi connectivity index (χ1v) is 11.0. The Balaban J connectivity index is 1.82. The van der Waals surface area contributed by atoms with Crippen molar-refractivity contribution >= 4 is 34.4 Å². The topological polar surface area (TPSA) is 153 Å². The van der Waals surface area contributed by atoms with Crippen molar-refractivity contribution in [3.8, 4) is 0 Å². The molecule has 0 aliphatic rings. The van der Waals surface area contributed by atoms with Crippen LogP contribution >= 0.6 is 0 Å². The molecule has 0 saturated carbocycles. The molecule has 2 aromatic carbocycles. The zero-order chi connectivity index (χ0) is 26.4. The number of carbonyl (C=O) groups is 3. The van der Waals surface area contributed by atoms with Crippen LogP contribution in [0.2, 0.25) is 0 Å². The molecule has 0 fully saturated rings. The lowest BCUT2D eigenvalue weighted by molar-refractivity contribution is -0.140. The second kappa shape index (κ2) is 11.3. The van der Waals surface area contributed by atoms with E-state index in [0.717, 1.165) is 11.6 Å². The van der Waals surface area contributed by atoms with E-state index < -0.39 is 36.1 Å². The van der Waals surface area contributed by atoms with Crippen molar-refractivity contribution in [3.05, 3.63) is 82.2 Å². The Bertz CT molecular complexity index is 1390. The number of halogens is 1. The minimum absolute atomic E-state index is 0.116. The molecule has 1 heterocycles. The summed E-state index contributed by atoms with van der Waals surface area (Å²) in [7, 11) is 0.